The normalized spacial score (nSPS) is 18.2. The van der Waals surface area contributed by atoms with Crippen molar-refractivity contribution in [2.24, 2.45) is 5.73 Å². The van der Waals surface area contributed by atoms with Crippen molar-refractivity contribution in [3.05, 3.63) is 11.9 Å². The van der Waals surface area contributed by atoms with Gasteiger partial charge in [-0.25, -0.2) is 4.68 Å². The van der Waals surface area contributed by atoms with Gasteiger partial charge in [-0.15, -0.1) is 5.10 Å². The molecule has 0 bridgehead atoms. The second kappa shape index (κ2) is 5.27. The number of nitrogens with zero attached hydrogens (tertiary/aromatic N) is 3. The molecule has 0 aliphatic heterocycles. The van der Waals surface area contributed by atoms with Crippen LogP contribution in [0.3, 0.4) is 0 Å². The van der Waals surface area contributed by atoms with Crippen LogP contribution in [-0.2, 0) is 11.3 Å². The van der Waals surface area contributed by atoms with E-state index in [4.69, 9.17) is 5.73 Å². The van der Waals surface area contributed by atoms with Crippen LogP contribution >= 0.6 is 0 Å². The summed E-state index contributed by atoms with van der Waals surface area (Å²) in [7, 11) is 0. The summed E-state index contributed by atoms with van der Waals surface area (Å²) >= 11 is 0. The molecule has 6 heteroatoms. The van der Waals surface area contributed by atoms with Crippen molar-refractivity contribution >= 4 is 5.91 Å². The molecule has 1 fully saturated rings. The topological polar surface area (TPSA) is 85.8 Å². The molecule has 1 aliphatic carbocycles. The van der Waals surface area contributed by atoms with Crippen LogP contribution in [0.15, 0.2) is 6.20 Å². The van der Waals surface area contributed by atoms with Gasteiger partial charge in [0.15, 0.2) is 0 Å². The van der Waals surface area contributed by atoms with Crippen molar-refractivity contribution in [2.45, 2.75) is 51.2 Å². The lowest BCUT2D eigenvalue weighted by Crippen LogP contribution is -2.35. The molecular formula is C11H19N5O. The van der Waals surface area contributed by atoms with E-state index in [1.807, 2.05) is 6.92 Å². The fraction of sp³-hybridized carbons (Fsp3) is 0.727. The van der Waals surface area contributed by atoms with Crippen LogP contribution in [0, 0.1) is 0 Å². The lowest BCUT2D eigenvalue weighted by Gasteiger charge is -2.11. The van der Waals surface area contributed by atoms with Crippen LogP contribution < -0.4 is 11.1 Å². The van der Waals surface area contributed by atoms with Gasteiger partial charge in [0.25, 0.3) is 0 Å². The summed E-state index contributed by atoms with van der Waals surface area (Å²) in [5.74, 6) is -0.00183. The largest absolute Gasteiger partial charge is 0.352 e. The second-order valence-corrected chi connectivity index (χ2v) is 4.68. The Morgan fingerprint density at radius 1 is 1.65 bits per heavy atom. The van der Waals surface area contributed by atoms with Crippen molar-refractivity contribution in [2.75, 3.05) is 0 Å². The summed E-state index contributed by atoms with van der Waals surface area (Å²) in [6.07, 6.45) is 6.33. The van der Waals surface area contributed by atoms with Crippen molar-refractivity contribution in [1.82, 2.24) is 20.3 Å². The number of hydrogen-bond donors (Lipinski definition) is 2. The van der Waals surface area contributed by atoms with Gasteiger partial charge in [-0.2, -0.15) is 0 Å². The summed E-state index contributed by atoms with van der Waals surface area (Å²) in [5, 5.41) is 10.8. The lowest BCUT2D eigenvalue weighted by molar-refractivity contribution is -0.122. The SMILES string of the molecule is CC(N)c1cn(CC(=O)NC2CCCC2)nn1. The number of nitrogens with one attached hydrogen (secondary N) is 1. The van der Waals surface area contributed by atoms with Gasteiger partial charge < -0.3 is 11.1 Å². The molecule has 1 aromatic rings. The number of carbonyl (C=O) groups is 1. The maximum atomic E-state index is 11.7. The highest BCUT2D eigenvalue weighted by atomic mass is 16.2. The Kier molecular flexibility index (Phi) is 3.73. The fourth-order valence-corrected chi connectivity index (χ4v) is 2.09. The molecule has 17 heavy (non-hydrogen) atoms. The highest BCUT2D eigenvalue weighted by molar-refractivity contribution is 5.75. The molecule has 1 heterocycles. The van der Waals surface area contributed by atoms with E-state index in [-0.39, 0.29) is 18.5 Å². The van der Waals surface area contributed by atoms with Gasteiger partial charge in [-0.3, -0.25) is 4.79 Å². The van der Waals surface area contributed by atoms with E-state index in [0.29, 0.717) is 11.7 Å². The predicted octanol–water partition coefficient (Wildman–Crippen LogP) is 0.357. The van der Waals surface area contributed by atoms with Gasteiger partial charge in [0.05, 0.1) is 11.9 Å². The van der Waals surface area contributed by atoms with Crippen molar-refractivity contribution in [1.29, 1.82) is 0 Å². The van der Waals surface area contributed by atoms with Crippen LogP contribution in [0.2, 0.25) is 0 Å². The van der Waals surface area contributed by atoms with E-state index in [1.165, 1.54) is 17.5 Å². The highest BCUT2D eigenvalue weighted by Crippen LogP contribution is 2.17. The minimum Gasteiger partial charge on any atom is -0.352 e. The first-order valence-electron chi connectivity index (χ1n) is 6.10. The molecule has 0 saturated heterocycles. The average Bonchev–Trinajstić information content (AvgIpc) is 2.88. The van der Waals surface area contributed by atoms with E-state index in [2.05, 4.69) is 15.6 Å². The molecule has 1 saturated carbocycles. The van der Waals surface area contributed by atoms with Crippen LogP contribution in [0.5, 0.6) is 0 Å². The van der Waals surface area contributed by atoms with E-state index in [9.17, 15) is 4.79 Å². The lowest BCUT2D eigenvalue weighted by atomic mass is 10.2. The Bertz CT molecular complexity index is 381. The Labute approximate surface area is 101 Å². The summed E-state index contributed by atoms with van der Waals surface area (Å²) in [4.78, 5) is 11.7. The zero-order valence-electron chi connectivity index (χ0n) is 10.1. The van der Waals surface area contributed by atoms with Crippen molar-refractivity contribution in [3.63, 3.8) is 0 Å². The summed E-state index contributed by atoms with van der Waals surface area (Å²) in [5.41, 5.74) is 6.38. The first-order chi connectivity index (χ1) is 8.15. The van der Waals surface area contributed by atoms with E-state index in [1.54, 1.807) is 6.20 Å². The number of rotatable bonds is 4. The summed E-state index contributed by atoms with van der Waals surface area (Å²) < 4.78 is 1.53. The third-order valence-corrected chi connectivity index (χ3v) is 3.05. The van der Waals surface area contributed by atoms with Crippen molar-refractivity contribution in [3.8, 4) is 0 Å². The Balaban J connectivity index is 1.84. The van der Waals surface area contributed by atoms with Crippen LogP contribution in [0.1, 0.15) is 44.3 Å². The van der Waals surface area contributed by atoms with Gasteiger partial charge in [0.1, 0.15) is 6.54 Å². The van der Waals surface area contributed by atoms with E-state index in [0.717, 1.165) is 12.8 Å². The number of carbonyl (C=O) groups excluding carboxylic acids is 1. The molecular weight excluding hydrogens is 218 g/mol. The number of nitrogens with two attached hydrogens (primary N) is 1. The summed E-state index contributed by atoms with van der Waals surface area (Å²) in [6.45, 7) is 2.06. The molecule has 1 unspecified atom stereocenters. The molecule has 1 amide bonds. The zero-order chi connectivity index (χ0) is 12.3. The predicted molar refractivity (Wildman–Crippen MR) is 63.0 cm³/mol. The molecule has 0 radical (unpaired) electrons. The maximum absolute atomic E-state index is 11.7. The van der Waals surface area contributed by atoms with E-state index >= 15 is 0 Å². The molecule has 6 nitrogen and oxygen atoms in total. The fourth-order valence-electron chi connectivity index (χ4n) is 2.09. The van der Waals surface area contributed by atoms with Gasteiger partial charge in [-0.1, -0.05) is 18.1 Å². The third-order valence-electron chi connectivity index (χ3n) is 3.05. The van der Waals surface area contributed by atoms with Gasteiger partial charge in [-0.05, 0) is 19.8 Å². The average molecular weight is 237 g/mol. The standard InChI is InChI=1S/C11H19N5O/c1-8(12)10-6-16(15-14-10)7-11(17)13-9-4-2-3-5-9/h6,8-9H,2-5,7,12H2,1H3,(H,13,17). The third kappa shape index (κ3) is 3.26. The monoisotopic (exact) mass is 237 g/mol. The smallest absolute Gasteiger partial charge is 0.242 e. The molecule has 1 aliphatic rings. The van der Waals surface area contributed by atoms with Crippen LogP contribution in [0.4, 0.5) is 0 Å². The molecule has 1 atom stereocenters. The molecule has 3 N–H and O–H groups in total. The van der Waals surface area contributed by atoms with Crippen molar-refractivity contribution < 1.29 is 4.79 Å². The van der Waals surface area contributed by atoms with Gasteiger partial charge in [0, 0.05) is 12.1 Å². The molecule has 0 aromatic carbocycles. The Hall–Kier alpha value is -1.43. The first-order valence-corrected chi connectivity index (χ1v) is 6.10. The second-order valence-electron chi connectivity index (χ2n) is 4.68. The summed E-state index contributed by atoms with van der Waals surface area (Å²) in [6, 6.07) is 0.195. The minimum absolute atomic E-state index is 0.00183. The minimum atomic E-state index is -0.151. The van der Waals surface area contributed by atoms with Crippen LogP contribution in [-0.4, -0.2) is 26.9 Å². The number of amides is 1. The van der Waals surface area contributed by atoms with E-state index < -0.39 is 0 Å². The van der Waals surface area contributed by atoms with Crippen LogP contribution in [0.25, 0.3) is 0 Å². The number of aromatic nitrogens is 3. The molecule has 94 valence electrons. The Morgan fingerprint density at radius 3 is 2.94 bits per heavy atom. The quantitative estimate of drug-likeness (QED) is 0.791. The zero-order valence-corrected chi connectivity index (χ0v) is 10.1. The molecule has 1 aromatic heterocycles. The van der Waals surface area contributed by atoms with Gasteiger partial charge in [0.2, 0.25) is 5.91 Å². The van der Waals surface area contributed by atoms with Gasteiger partial charge >= 0.3 is 0 Å². The Morgan fingerprint density at radius 2 is 2.35 bits per heavy atom. The molecule has 0 spiro atoms. The maximum Gasteiger partial charge on any atom is 0.242 e. The number of hydrogen-bond acceptors (Lipinski definition) is 4. The first kappa shape index (κ1) is 12.0. The highest BCUT2D eigenvalue weighted by Gasteiger charge is 2.17. The molecule has 2 rings (SSSR count).